The van der Waals surface area contributed by atoms with Gasteiger partial charge in [-0.2, -0.15) is 30.4 Å². The van der Waals surface area contributed by atoms with Gasteiger partial charge in [0.05, 0.1) is 16.8 Å². The lowest BCUT2D eigenvalue weighted by Gasteiger charge is -2.14. The van der Waals surface area contributed by atoms with Crippen molar-refractivity contribution in [3.05, 3.63) is 77.4 Å². The van der Waals surface area contributed by atoms with Gasteiger partial charge in [-0.15, -0.1) is 15.3 Å². The Morgan fingerprint density at radius 2 is 1.19 bits per heavy atom. The van der Waals surface area contributed by atoms with E-state index < -0.39 is 67.9 Å². The number of aromatic hydroxyl groups is 1. The summed E-state index contributed by atoms with van der Waals surface area (Å²) >= 11 is 0. The molecule has 0 amide bonds. The Balaban J connectivity index is 1.73. The molecule has 0 saturated heterocycles. The topological polar surface area (TPSA) is 259 Å². The first kappa shape index (κ1) is 33.5. The fraction of sp³-hybridized carbons (Fsp3) is 0.103. The van der Waals surface area contributed by atoms with E-state index in [2.05, 4.69) is 20.5 Å². The molecule has 244 valence electrons. The fourth-order valence-corrected chi connectivity index (χ4v) is 7.49. The SMILES string of the molecule is Cc1ccc(N=Nc2c(S(=O)(=O)O)cc3cc(C)c(N=Nc4ccc5c(S(=O)(=O)O)c(C)ccc5c4S(=O)(=O)O)c(O)c3c2N)cc1. The summed E-state index contributed by atoms with van der Waals surface area (Å²) in [6, 6.07) is 13.8. The Labute approximate surface area is 268 Å². The van der Waals surface area contributed by atoms with Gasteiger partial charge in [0.2, 0.25) is 0 Å². The molecule has 0 radical (unpaired) electrons. The van der Waals surface area contributed by atoms with Gasteiger partial charge in [0.1, 0.15) is 31.7 Å². The van der Waals surface area contributed by atoms with E-state index in [1.165, 1.54) is 38.1 Å². The molecule has 47 heavy (non-hydrogen) atoms. The summed E-state index contributed by atoms with van der Waals surface area (Å²) in [5, 5.41) is 26.6. The Kier molecular flexibility index (Phi) is 8.37. The predicted molar refractivity (Wildman–Crippen MR) is 172 cm³/mol. The van der Waals surface area contributed by atoms with Crippen LogP contribution >= 0.6 is 0 Å². The molecule has 0 aromatic heterocycles. The van der Waals surface area contributed by atoms with E-state index in [9.17, 15) is 44.0 Å². The van der Waals surface area contributed by atoms with Crippen molar-refractivity contribution in [1.29, 1.82) is 0 Å². The average Bonchev–Trinajstić information content (AvgIpc) is 2.95. The second-order valence-electron chi connectivity index (χ2n) is 10.5. The molecule has 0 heterocycles. The maximum absolute atomic E-state index is 12.5. The molecule has 0 atom stereocenters. The van der Waals surface area contributed by atoms with Crippen molar-refractivity contribution in [2.75, 3.05) is 5.73 Å². The van der Waals surface area contributed by atoms with Crippen molar-refractivity contribution in [3.63, 3.8) is 0 Å². The number of hydrogen-bond donors (Lipinski definition) is 5. The summed E-state index contributed by atoms with van der Waals surface area (Å²) in [4.78, 5) is -2.07. The summed E-state index contributed by atoms with van der Waals surface area (Å²) in [6.07, 6.45) is 0. The number of nitrogen functional groups attached to an aromatic ring is 1. The highest BCUT2D eigenvalue weighted by molar-refractivity contribution is 7.86. The maximum Gasteiger partial charge on any atom is 0.297 e. The zero-order chi connectivity index (χ0) is 34.6. The van der Waals surface area contributed by atoms with Crippen LogP contribution in [0, 0.1) is 20.8 Å². The number of phenolic OH excluding ortho intramolecular Hbond substituents is 1. The summed E-state index contributed by atoms with van der Waals surface area (Å²) in [6.45, 7) is 4.70. The molecule has 0 bridgehead atoms. The summed E-state index contributed by atoms with van der Waals surface area (Å²) < 4.78 is 103. The van der Waals surface area contributed by atoms with Crippen molar-refractivity contribution in [2.45, 2.75) is 35.5 Å². The van der Waals surface area contributed by atoms with Gasteiger partial charge in [-0.25, -0.2) is 0 Å². The van der Waals surface area contributed by atoms with Crippen molar-refractivity contribution < 1.29 is 44.0 Å². The lowest BCUT2D eigenvalue weighted by Crippen LogP contribution is -2.05. The Hall–Kier alpha value is -4.85. The summed E-state index contributed by atoms with van der Waals surface area (Å²) in [7, 11) is -14.8. The van der Waals surface area contributed by atoms with Crippen LogP contribution in [0.2, 0.25) is 0 Å². The minimum absolute atomic E-state index is 0.0656. The number of benzene rings is 5. The molecule has 5 rings (SSSR count). The van der Waals surface area contributed by atoms with Crippen LogP contribution in [0.5, 0.6) is 5.75 Å². The highest BCUT2D eigenvalue weighted by atomic mass is 32.2. The van der Waals surface area contributed by atoms with Gasteiger partial charge in [0, 0.05) is 10.8 Å². The van der Waals surface area contributed by atoms with E-state index in [-0.39, 0.29) is 38.4 Å². The normalized spacial score (nSPS) is 13.0. The molecule has 5 aromatic rings. The number of azo groups is 2. The lowest BCUT2D eigenvalue weighted by molar-refractivity contribution is 0.480. The minimum atomic E-state index is -5.07. The number of hydrogen-bond acceptors (Lipinski definition) is 12. The third-order valence-electron chi connectivity index (χ3n) is 7.17. The smallest absolute Gasteiger partial charge is 0.297 e. The monoisotopic (exact) mass is 699 g/mol. The molecule has 6 N–H and O–H groups in total. The van der Waals surface area contributed by atoms with E-state index in [4.69, 9.17) is 5.73 Å². The summed E-state index contributed by atoms with van der Waals surface area (Å²) in [5.41, 5.74) is 6.31. The number of anilines is 1. The third kappa shape index (κ3) is 6.42. The highest BCUT2D eigenvalue weighted by Crippen LogP contribution is 2.47. The zero-order valence-corrected chi connectivity index (χ0v) is 27.1. The number of fused-ring (bicyclic) bond motifs is 2. The van der Waals surface area contributed by atoms with E-state index >= 15 is 0 Å². The van der Waals surface area contributed by atoms with Crippen LogP contribution in [0.15, 0.2) is 95.8 Å². The van der Waals surface area contributed by atoms with E-state index in [1.807, 2.05) is 6.92 Å². The standard InChI is InChI=1S/C29H25N5O10S3/c1-14-4-7-18(8-5-14)31-34-26-22(45(36,37)38)13-17-12-16(3)25(27(35)23(17)24(26)30)33-32-21-11-10-19-20(29(21)47(42,43)44)9-6-15(2)28(19)46(39,40)41/h4-13,35H,30H2,1-3H3,(H,36,37,38)(H,39,40,41)(H,42,43,44). The summed E-state index contributed by atoms with van der Waals surface area (Å²) in [5.74, 6) is -0.617. The highest BCUT2D eigenvalue weighted by Gasteiger charge is 2.27. The van der Waals surface area contributed by atoms with Crippen molar-refractivity contribution >= 4 is 80.3 Å². The zero-order valence-electron chi connectivity index (χ0n) is 24.6. The minimum Gasteiger partial charge on any atom is -0.505 e. The van der Waals surface area contributed by atoms with Gasteiger partial charge in [-0.1, -0.05) is 35.9 Å². The molecule has 5 aromatic carbocycles. The average molecular weight is 700 g/mol. The molecular formula is C29H25N5O10S3. The molecule has 0 fully saturated rings. The largest absolute Gasteiger partial charge is 0.505 e. The van der Waals surface area contributed by atoms with Crippen LogP contribution in [0.1, 0.15) is 16.7 Å². The van der Waals surface area contributed by atoms with Crippen LogP contribution < -0.4 is 5.73 Å². The number of nitrogens with two attached hydrogens (primary N) is 1. The lowest BCUT2D eigenvalue weighted by atomic mass is 10.0. The molecule has 18 heteroatoms. The molecule has 0 aliphatic carbocycles. The van der Waals surface area contributed by atoms with E-state index in [1.54, 1.807) is 24.3 Å². The van der Waals surface area contributed by atoms with Crippen molar-refractivity contribution in [3.8, 4) is 5.75 Å². The predicted octanol–water partition coefficient (Wildman–Crippen LogP) is 6.78. The van der Waals surface area contributed by atoms with E-state index in [0.29, 0.717) is 5.69 Å². The molecule has 0 aliphatic rings. The number of nitrogens with zero attached hydrogens (tertiary/aromatic N) is 4. The first-order chi connectivity index (χ1) is 21.8. The maximum atomic E-state index is 12.5. The van der Waals surface area contributed by atoms with Gasteiger partial charge in [-0.05, 0) is 67.6 Å². The van der Waals surface area contributed by atoms with E-state index in [0.717, 1.165) is 17.7 Å². The van der Waals surface area contributed by atoms with Crippen LogP contribution in [0.3, 0.4) is 0 Å². The number of rotatable bonds is 7. The van der Waals surface area contributed by atoms with Crippen LogP contribution in [0.4, 0.5) is 28.4 Å². The first-order valence-electron chi connectivity index (χ1n) is 13.3. The van der Waals surface area contributed by atoms with Crippen LogP contribution in [-0.2, 0) is 30.4 Å². The molecule has 15 nitrogen and oxygen atoms in total. The van der Waals surface area contributed by atoms with Crippen LogP contribution in [-0.4, -0.2) is 44.0 Å². The number of phenols is 1. The second-order valence-corrected chi connectivity index (χ2v) is 14.6. The molecule has 0 spiro atoms. The second kappa shape index (κ2) is 11.7. The molecule has 0 aliphatic heterocycles. The Morgan fingerprint density at radius 3 is 1.79 bits per heavy atom. The van der Waals surface area contributed by atoms with Gasteiger partial charge in [-0.3, -0.25) is 13.7 Å². The Bertz CT molecular complexity index is 2530. The van der Waals surface area contributed by atoms with Gasteiger partial charge in [0.15, 0.2) is 5.75 Å². The first-order valence-corrected chi connectivity index (χ1v) is 17.6. The molecule has 0 saturated carbocycles. The van der Waals surface area contributed by atoms with Crippen molar-refractivity contribution in [2.24, 2.45) is 20.5 Å². The van der Waals surface area contributed by atoms with Gasteiger partial charge >= 0.3 is 0 Å². The number of aryl methyl sites for hydroxylation is 3. The van der Waals surface area contributed by atoms with Gasteiger partial charge < -0.3 is 10.8 Å². The van der Waals surface area contributed by atoms with Crippen molar-refractivity contribution in [1.82, 2.24) is 0 Å². The molecule has 0 unspecified atom stereocenters. The van der Waals surface area contributed by atoms with Crippen LogP contribution in [0.25, 0.3) is 21.5 Å². The molecular weight excluding hydrogens is 675 g/mol. The third-order valence-corrected chi connectivity index (χ3v) is 10.0. The Morgan fingerprint density at radius 1 is 0.617 bits per heavy atom. The van der Waals surface area contributed by atoms with Gasteiger partial charge in [0.25, 0.3) is 30.4 Å². The fourth-order valence-electron chi connectivity index (χ4n) is 5.06. The quantitative estimate of drug-likeness (QED) is 0.0672.